The van der Waals surface area contributed by atoms with Crippen LogP contribution in [-0.2, 0) is 6.42 Å². The Hall–Kier alpha value is -2.21. The monoisotopic (exact) mass is 260 g/mol. The number of nitrogens with zero attached hydrogens (tertiary/aromatic N) is 2. The fraction of sp³-hybridized carbons (Fsp3) is 0.231. The number of anilines is 1. The lowest BCUT2D eigenvalue weighted by atomic mass is 10.1. The highest BCUT2D eigenvalue weighted by Gasteiger charge is 2.16. The summed E-state index contributed by atoms with van der Waals surface area (Å²) in [6.45, 7) is 2.27. The average molecular weight is 260 g/mol. The first-order valence-electron chi connectivity index (χ1n) is 5.96. The van der Waals surface area contributed by atoms with Crippen LogP contribution < -0.4 is 16.0 Å². The van der Waals surface area contributed by atoms with Crippen molar-refractivity contribution in [2.45, 2.75) is 13.3 Å². The molecule has 1 aliphatic rings. The number of benzene rings is 1. The van der Waals surface area contributed by atoms with Gasteiger partial charge in [0.05, 0.1) is 12.3 Å². The lowest BCUT2D eigenvalue weighted by Gasteiger charge is -2.08. The molecule has 19 heavy (non-hydrogen) atoms. The normalized spacial score (nSPS) is 13.0. The minimum absolute atomic E-state index is 0.000696. The van der Waals surface area contributed by atoms with E-state index in [1.165, 1.54) is 0 Å². The Kier molecular flexibility index (Phi) is 2.79. The molecule has 98 valence electrons. The summed E-state index contributed by atoms with van der Waals surface area (Å²) in [7, 11) is 0. The third-order valence-corrected chi connectivity index (χ3v) is 3.10. The molecule has 2 heterocycles. The summed E-state index contributed by atoms with van der Waals surface area (Å²) in [6, 6.07) is 5.71. The molecule has 0 aliphatic carbocycles. The van der Waals surface area contributed by atoms with Crippen LogP contribution in [0, 0.1) is 12.7 Å². The molecule has 6 heteroatoms. The third-order valence-electron chi connectivity index (χ3n) is 3.10. The zero-order valence-corrected chi connectivity index (χ0v) is 10.4. The first kappa shape index (κ1) is 11.9. The Balaban J connectivity index is 2.09. The van der Waals surface area contributed by atoms with E-state index >= 15 is 0 Å². The van der Waals surface area contributed by atoms with Gasteiger partial charge in [-0.3, -0.25) is 0 Å². The van der Waals surface area contributed by atoms with Gasteiger partial charge in [0, 0.05) is 12.0 Å². The van der Waals surface area contributed by atoms with Crippen LogP contribution >= 0.6 is 0 Å². The fourth-order valence-electron chi connectivity index (χ4n) is 2.11. The molecule has 3 rings (SSSR count). The summed E-state index contributed by atoms with van der Waals surface area (Å²) < 4.78 is 19.1. The Bertz CT molecular complexity index is 645. The van der Waals surface area contributed by atoms with Crippen LogP contribution in [0.2, 0.25) is 0 Å². The van der Waals surface area contributed by atoms with Gasteiger partial charge < -0.3 is 10.2 Å². The molecule has 2 aromatic rings. The van der Waals surface area contributed by atoms with E-state index < -0.39 is 5.82 Å². The largest absolute Gasteiger partial charge is 0.493 e. The van der Waals surface area contributed by atoms with E-state index in [1.54, 1.807) is 6.92 Å². The summed E-state index contributed by atoms with van der Waals surface area (Å²) in [5, 5.41) is 0. The van der Waals surface area contributed by atoms with Gasteiger partial charge in [-0.25, -0.2) is 20.2 Å². The van der Waals surface area contributed by atoms with Crippen molar-refractivity contribution >= 4 is 5.82 Å². The molecule has 0 spiro atoms. The smallest absolute Gasteiger partial charge is 0.187 e. The summed E-state index contributed by atoms with van der Waals surface area (Å²) in [6.07, 6.45) is 0.866. The molecule has 3 N–H and O–H groups in total. The average Bonchev–Trinajstić information content (AvgIpc) is 2.89. The maximum Gasteiger partial charge on any atom is 0.187 e. The lowest BCUT2D eigenvalue weighted by Crippen LogP contribution is -2.13. The summed E-state index contributed by atoms with van der Waals surface area (Å²) in [5.74, 6) is 6.06. The maximum absolute atomic E-state index is 13.6. The zero-order valence-electron chi connectivity index (χ0n) is 10.4. The first-order valence-corrected chi connectivity index (χ1v) is 5.96. The van der Waals surface area contributed by atoms with Crippen LogP contribution in [0.25, 0.3) is 11.4 Å². The van der Waals surface area contributed by atoms with Crippen molar-refractivity contribution in [1.82, 2.24) is 9.97 Å². The Morgan fingerprint density at radius 3 is 3.00 bits per heavy atom. The minimum atomic E-state index is -0.532. The molecule has 5 nitrogen and oxygen atoms in total. The second kappa shape index (κ2) is 4.47. The molecule has 0 radical (unpaired) electrons. The van der Waals surface area contributed by atoms with Gasteiger partial charge in [0.1, 0.15) is 5.75 Å². The van der Waals surface area contributed by atoms with Gasteiger partial charge in [-0.05, 0) is 30.7 Å². The van der Waals surface area contributed by atoms with Crippen molar-refractivity contribution in [3.8, 4) is 17.1 Å². The number of halogens is 1. The topological polar surface area (TPSA) is 73.1 Å². The number of aryl methyl sites for hydroxylation is 1. The van der Waals surface area contributed by atoms with Crippen LogP contribution in [0.4, 0.5) is 10.2 Å². The quantitative estimate of drug-likeness (QED) is 0.636. The number of nitrogens with two attached hydrogens (primary N) is 1. The highest BCUT2D eigenvalue weighted by molar-refractivity contribution is 5.61. The van der Waals surface area contributed by atoms with Crippen molar-refractivity contribution < 1.29 is 9.13 Å². The van der Waals surface area contributed by atoms with Crippen molar-refractivity contribution in [2.75, 3.05) is 12.0 Å². The Labute approximate surface area is 109 Å². The SMILES string of the molecule is Cc1nc(-c2ccc3c(c2)CCO3)nc(NN)c1F. The number of hydrogen-bond acceptors (Lipinski definition) is 5. The van der Waals surface area contributed by atoms with Crippen molar-refractivity contribution in [1.29, 1.82) is 0 Å². The molecule has 1 aromatic carbocycles. The fourth-order valence-corrected chi connectivity index (χ4v) is 2.11. The van der Waals surface area contributed by atoms with Gasteiger partial charge in [0.25, 0.3) is 0 Å². The van der Waals surface area contributed by atoms with Gasteiger partial charge >= 0.3 is 0 Å². The highest BCUT2D eigenvalue weighted by Crippen LogP contribution is 2.30. The molecule has 1 aliphatic heterocycles. The van der Waals surface area contributed by atoms with Gasteiger partial charge in [-0.2, -0.15) is 0 Å². The predicted molar refractivity (Wildman–Crippen MR) is 69.2 cm³/mol. The van der Waals surface area contributed by atoms with E-state index in [-0.39, 0.29) is 11.5 Å². The van der Waals surface area contributed by atoms with E-state index in [2.05, 4.69) is 15.4 Å². The number of rotatable bonds is 2. The molecule has 1 aromatic heterocycles. The number of fused-ring (bicyclic) bond motifs is 1. The summed E-state index contributed by atoms with van der Waals surface area (Å²) in [4.78, 5) is 8.24. The lowest BCUT2D eigenvalue weighted by molar-refractivity contribution is 0.357. The van der Waals surface area contributed by atoms with Crippen LogP contribution in [0.3, 0.4) is 0 Å². The first-order chi connectivity index (χ1) is 9.19. The number of nitrogen functional groups attached to an aromatic ring is 1. The third kappa shape index (κ3) is 2.00. The second-order valence-electron chi connectivity index (χ2n) is 4.36. The van der Waals surface area contributed by atoms with Gasteiger partial charge in [0.2, 0.25) is 0 Å². The van der Waals surface area contributed by atoms with E-state index in [9.17, 15) is 4.39 Å². The predicted octanol–water partition coefficient (Wildman–Crippen LogP) is 1.81. The van der Waals surface area contributed by atoms with Gasteiger partial charge in [-0.15, -0.1) is 0 Å². The number of hydrazine groups is 1. The molecule has 0 amide bonds. The standard InChI is InChI=1S/C13H13FN4O/c1-7-11(14)13(18-15)17-12(16-7)9-2-3-10-8(6-9)4-5-19-10/h2-3,6H,4-5,15H2,1H3,(H,16,17,18). The van der Waals surface area contributed by atoms with Crippen LogP contribution in [0.15, 0.2) is 18.2 Å². The second-order valence-corrected chi connectivity index (χ2v) is 4.36. The van der Waals surface area contributed by atoms with E-state index in [0.29, 0.717) is 12.4 Å². The molecular formula is C13H13FN4O. The number of ether oxygens (including phenoxy) is 1. The molecule has 0 saturated heterocycles. The van der Waals surface area contributed by atoms with Crippen molar-refractivity contribution in [3.05, 3.63) is 35.3 Å². The molecule has 0 unspecified atom stereocenters. The minimum Gasteiger partial charge on any atom is -0.493 e. The van der Waals surface area contributed by atoms with Crippen molar-refractivity contribution in [3.63, 3.8) is 0 Å². The summed E-state index contributed by atoms with van der Waals surface area (Å²) >= 11 is 0. The number of nitrogens with one attached hydrogen (secondary N) is 1. The van der Waals surface area contributed by atoms with Gasteiger partial charge in [0.15, 0.2) is 17.5 Å². The number of hydrogen-bond donors (Lipinski definition) is 2. The van der Waals surface area contributed by atoms with Crippen LogP contribution in [0.5, 0.6) is 5.75 Å². The van der Waals surface area contributed by atoms with E-state index in [4.69, 9.17) is 10.6 Å². The van der Waals surface area contributed by atoms with Crippen LogP contribution in [-0.4, -0.2) is 16.6 Å². The summed E-state index contributed by atoms with van der Waals surface area (Å²) in [5.41, 5.74) is 4.45. The van der Waals surface area contributed by atoms with Gasteiger partial charge in [-0.1, -0.05) is 0 Å². The molecule has 0 bridgehead atoms. The Morgan fingerprint density at radius 1 is 1.37 bits per heavy atom. The number of aromatic nitrogens is 2. The Morgan fingerprint density at radius 2 is 2.21 bits per heavy atom. The van der Waals surface area contributed by atoms with Crippen LogP contribution in [0.1, 0.15) is 11.3 Å². The maximum atomic E-state index is 13.6. The van der Waals surface area contributed by atoms with Crippen molar-refractivity contribution in [2.24, 2.45) is 5.84 Å². The zero-order chi connectivity index (χ0) is 13.4. The molecule has 0 fully saturated rings. The molecular weight excluding hydrogens is 247 g/mol. The molecule has 0 atom stereocenters. The molecule has 0 saturated carbocycles. The van der Waals surface area contributed by atoms with E-state index in [1.807, 2.05) is 18.2 Å². The van der Waals surface area contributed by atoms with E-state index in [0.717, 1.165) is 23.3 Å². The highest BCUT2D eigenvalue weighted by atomic mass is 19.1.